The lowest BCUT2D eigenvalue weighted by molar-refractivity contribution is 0.0659. The quantitative estimate of drug-likeness (QED) is 0.623. The Labute approximate surface area is 83.1 Å². The summed E-state index contributed by atoms with van der Waals surface area (Å²) in [5.74, 6) is 0. The summed E-state index contributed by atoms with van der Waals surface area (Å²) < 4.78 is 2.44. The van der Waals surface area contributed by atoms with E-state index in [0.29, 0.717) is 6.17 Å². The Hall–Kier alpha value is 0.310. The summed E-state index contributed by atoms with van der Waals surface area (Å²) in [6.07, 6.45) is 4.82. The van der Waals surface area contributed by atoms with Crippen molar-refractivity contribution in [2.45, 2.75) is 25.4 Å². The fourth-order valence-electron chi connectivity index (χ4n) is 2.31. The predicted molar refractivity (Wildman–Crippen MR) is 58.5 cm³/mol. The molecule has 2 saturated heterocycles. The first-order valence-corrected chi connectivity index (χ1v) is 5.86. The summed E-state index contributed by atoms with van der Waals surface area (Å²) >= 11 is 0. The largest absolute Gasteiger partial charge is 0.314 e. The highest BCUT2D eigenvalue weighted by molar-refractivity contribution is 7.13. The van der Waals surface area contributed by atoms with Crippen LogP contribution in [-0.2, 0) is 0 Å². The monoisotopic (exact) mass is 201 g/mol. The van der Waals surface area contributed by atoms with E-state index in [2.05, 4.69) is 24.3 Å². The number of piperazine rings is 1. The number of hydrogen-bond acceptors (Lipinski definition) is 3. The number of rotatable bonds is 1. The zero-order chi connectivity index (χ0) is 9.10. The second-order valence-electron chi connectivity index (χ2n) is 4.00. The molecule has 3 nitrogen and oxygen atoms in total. The lowest BCUT2D eigenvalue weighted by Crippen LogP contribution is -2.53. The van der Waals surface area contributed by atoms with E-state index in [9.17, 15) is 0 Å². The van der Waals surface area contributed by atoms with E-state index < -0.39 is 0 Å². The molecule has 76 valence electrons. The fourth-order valence-corrected chi connectivity index (χ4v) is 2.83. The van der Waals surface area contributed by atoms with Gasteiger partial charge >= 0.3 is 0 Å². The van der Waals surface area contributed by atoms with Crippen LogP contribution in [0.4, 0.5) is 0 Å². The zero-order valence-corrected chi connectivity index (χ0v) is 9.36. The van der Waals surface area contributed by atoms with E-state index in [1.54, 1.807) is 0 Å². The number of piperidine rings is 1. The van der Waals surface area contributed by atoms with Crippen LogP contribution in [0.5, 0.6) is 0 Å². The summed E-state index contributed by atoms with van der Waals surface area (Å²) in [4.78, 5) is 2.61. The Morgan fingerprint density at radius 2 is 1.85 bits per heavy atom. The fraction of sp³-hybridized carbons (Fsp3) is 1.00. The minimum absolute atomic E-state index is 0.695. The van der Waals surface area contributed by atoms with Gasteiger partial charge in [0.25, 0.3) is 0 Å². The standard InChI is InChI=1S/C9H20N3P/c13-12-6-2-1-3-9(12)11-7-4-10-5-8-11/h9-10H,1-8,13H2. The maximum absolute atomic E-state index is 3.40. The summed E-state index contributed by atoms with van der Waals surface area (Å²) in [6.45, 7) is 6.01. The molecule has 0 saturated carbocycles. The summed E-state index contributed by atoms with van der Waals surface area (Å²) in [5, 5.41) is 3.40. The third kappa shape index (κ3) is 2.41. The van der Waals surface area contributed by atoms with E-state index in [1.165, 1.54) is 38.9 Å². The Kier molecular flexibility index (Phi) is 3.56. The average Bonchev–Trinajstić information content (AvgIpc) is 2.20. The van der Waals surface area contributed by atoms with Gasteiger partial charge in [-0.25, -0.2) is 0 Å². The molecule has 2 rings (SSSR count). The van der Waals surface area contributed by atoms with Crippen molar-refractivity contribution in [3.05, 3.63) is 0 Å². The van der Waals surface area contributed by atoms with E-state index in [4.69, 9.17) is 0 Å². The van der Waals surface area contributed by atoms with Crippen LogP contribution in [0.25, 0.3) is 0 Å². The second-order valence-corrected chi connectivity index (χ2v) is 4.66. The lowest BCUT2D eigenvalue weighted by atomic mass is 10.1. The number of nitrogens with zero attached hydrogens (tertiary/aromatic N) is 2. The first kappa shape index (κ1) is 9.85. The Bertz CT molecular complexity index is 159. The normalized spacial score (nSPS) is 33.5. The molecule has 2 unspecified atom stereocenters. The van der Waals surface area contributed by atoms with Gasteiger partial charge in [-0.3, -0.25) is 9.57 Å². The third-order valence-electron chi connectivity index (χ3n) is 3.08. The maximum atomic E-state index is 3.40. The third-order valence-corrected chi connectivity index (χ3v) is 3.69. The first-order valence-electron chi connectivity index (χ1n) is 5.34. The SMILES string of the molecule is PN1CCCCC1N1CCNCC1. The van der Waals surface area contributed by atoms with E-state index >= 15 is 0 Å². The molecule has 2 heterocycles. The summed E-state index contributed by atoms with van der Waals surface area (Å²) in [7, 11) is 2.89. The summed E-state index contributed by atoms with van der Waals surface area (Å²) in [5.41, 5.74) is 0. The zero-order valence-electron chi connectivity index (χ0n) is 8.21. The van der Waals surface area contributed by atoms with Gasteiger partial charge in [-0.1, -0.05) is 9.39 Å². The van der Waals surface area contributed by atoms with Crippen molar-refractivity contribution >= 4 is 9.39 Å². The predicted octanol–water partition coefficient (Wildman–Crippen LogP) is 0.494. The van der Waals surface area contributed by atoms with Crippen LogP contribution in [0.2, 0.25) is 0 Å². The minimum Gasteiger partial charge on any atom is -0.314 e. The van der Waals surface area contributed by atoms with Crippen LogP contribution in [0, 0.1) is 0 Å². The molecule has 13 heavy (non-hydrogen) atoms. The molecule has 0 amide bonds. The molecule has 2 atom stereocenters. The number of hydrogen-bond donors (Lipinski definition) is 1. The van der Waals surface area contributed by atoms with Crippen LogP contribution < -0.4 is 5.32 Å². The van der Waals surface area contributed by atoms with Crippen molar-refractivity contribution in [2.75, 3.05) is 32.7 Å². The van der Waals surface area contributed by atoms with Crippen LogP contribution in [0.3, 0.4) is 0 Å². The van der Waals surface area contributed by atoms with Gasteiger partial charge < -0.3 is 5.32 Å². The summed E-state index contributed by atoms with van der Waals surface area (Å²) in [6, 6.07) is 0. The smallest absolute Gasteiger partial charge is 0.0653 e. The molecule has 0 spiro atoms. The second kappa shape index (κ2) is 4.70. The van der Waals surface area contributed by atoms with Gasteiger partial charge in [-0.15, -0.1) is 0 Å². The Morgan fingerprint density at radius 3 is 2.54 bits per heavy atom. The Balaban J connectivity index is 1.88. The molecule has 0 aromatic rings. The molecule has 1 N–H and O–H groups in total. The first-order chi connectivity index (χ1) is 6.38. The van der Waals surface area contributed by atoms with Gasteiger partial charge in [0.1, 0.15) is 0 Å². The molecule has 2 aliphatic heterocycles. The van der Waals surface area contributed by atoms with E-state index in [-0.39, 0.29) is 0 Å². The molecule has 0 aromatic carbocycles. The molecular formula is C9H20N3P. The van der Waals surface area contributed by atoms with Gasteiger partial charge in [-0.05, 0) is 19.3 Å². The number of nitrogens with one attached hydrogen (secondary N) is 1. The highest BCUT2D eigenvalue weighted by Crippen LogP contribution is 2.23. The van der Waals surface area contributed by atoms with Crippen molar-refractivity contribution < 1.29 is 0 Å². The van der Waals surface area contributed by atoms with Crippen LogP contribution in [0.15, 0.2) is 0 Å². The molecule has 2 aliphatic rings. The van der Waals surface area contributed by atoms with Crippen LogP contribution in [0.1, 0.15) is 19.3 Å². The van der Waals surface area contributed by atoms with E-state index in [1.807, 2.05) is 0 Å². The molecule has 2 fully saturated rings. The van der Waals surface area contributed by atoms with Crippen molar-refractivity contribution in [3.63, 3.8) is 0 Å². The molecule has 0 bridgehead atoms. The Morgan fingerprint density at radius 1 is 1.08 bits per heavy atom. The topological polar surface area (TPSA) is 18.5 Å². The molecule has 4 heteroatoms. The van der Waals surface area contributed by atoms with Gasteiger partial charge in [0.05, 0.1) is 6.17 Å². The van der Waals surface area contributed by atoms with Crippen molar-refractivity contribution in [2.24, 2.45) is 0 Å². The van der Waals surface area contributed by atoms with E-state index in [0.717, 1.165) is 13.1 Å². The average molecular weight is 201 g/mol. The van der Waals surface area contributed by atoms with Crippen LogP contribution in [-0.4, -0.2) is 48.5 Å². The van der Waals surface area contributed by atoms with Crippen LogP contribution >= 0.6 is 9.39 Å². The minimum atomic E-state index is 0.695. The highest BCUT2D eigenvalue weighted by Gasteiger charge is 2.25. The molecule has 0 aromatic heterocycles. The molecule has 0 aliphatic carbocycles. The van der Waals surface area contributed by atoms with Crippen molar-refractivity contribution in [1.82, 2.24) is 14.9 Å². The van der Waals surface area contributed by atoms with Gasteiger partial charge in [0.2, 0.25) is 0 Å². The van der Waals surface area contributed by atoms with Gasteiger partial charge in [0, 0.05) is 32.7 Å². The van der Waals surface area contributed by atoms with Gasteiger partial charge in [-0.2, -0.15) is 0 Å². The van der Waals surface area contributed by atoms with Crippen molar-refractivity contribution in [3.8, 4) is 0 Å². The van der Waals surface area contributed by atoms with Crippen molar-refractivity contribution in [1.29, 1.82) is 0 Å². The van der Waals surface area contributed by atoms with Gasteiger partial charge in [0.15, 0.2) is 0 Å². The highest BCUT2D eigenvalue weighted by atomic mass is 31.0. The maximum Gasteiger partial charge on any atom is 0.0653 e. The molecular weight excluding hydrogens is 181 g/mol. The molecule has 0 radical (unpaired) electrons. The lowest BCUT2D eigenvalue weighted by Gasteiger charge is -2.42.